The topological polar surface area (TPSA) is 51.3 Å². The number of hydrogen-bond acceptors (Lipinski definition) is 2. The van der Waals surface area contributed by atoms with E-state index in [0.29, 0.717) is 5.56 Å². The first-order valence-corrected chi connectivity index (χ1v) is 9.79. The summed E-state index contributed by atoms with van der Waals surface area (Å²) < 4.78 is 2.26. The fourth-order valence-corrected chi connectivity index (χ4v) is 4.03. The summed E-state index contributed by atoms with van der Waals surface area (Å²) in [6, 6.07) is 14.5. The highest BCUT2D eigenvalue weighted by Crippen LogP contribution is 2.26. The second kappa shape index (κ2) is 7.57. The minimum atomic E-state index is -0.377. The van der Waals surface area contributed by atoms with Gasteiger partial charge in [0.2, 0.25) is 5.91 Å². The van der Waals surface area contributed by atoms with E-state index in [1.54, 1.807) is 0 Å². The zero-order chi connectivity index (χ0) is 18.8. The summed E-state index contributed by atoms with van der Waals surface area (Å²) >= 11 is 0. The van der Waals surface area contributed by atoms with E-state index < -0.39 is 0 Å². The van der Waals surface area contributed by atoms with Crippen molar-refractivity contribution in [2.45, 2.75) is 39.3 Å². The molecule has 0 saturated carbocycles. The van der Waals surface area contributed by atoms with Gasteiger partial charge in [-0.2, -0.15) is 0 Å². The number of piperidine rings is 1. The zero-order valence-electron chi connectivity index (χ0n) is 15.9. The van der Waals surface area contributed by atoms with Crippen LogP contribution in [0.15, 0.2) is 48.7 Å². The number of rotatable bonds is 5. The molecular formula is C23H27N3O. The number of primary amides is 1. The molecule has 0 aliphatic carbocycles. The molecule has 4 rings (SSSR count). The van der Waals surface area contributed by atoms with Crippen LogP contribution in [0.3, 0.4) is 0 Å². The molecule has 4 nitrogen and oxygen atoms in total. The molecular weight excluding hydrogens is 334 g/mol. The van der Waals surface area contributed by atoms with Gasteiger partial charge in [-0.1, -0.05) is 42.3 Å². The maximum atomic E-state index is 11.7. The van der Waals surface area contributed by atoms with Crippen LogP contribution in [0.1, 0.15) is 46.3 Å². The molecule has 0 bridgehead atoms. The van der Waals surface area contributed by atoms with Crippen LogP contribution in [0, 0.1) is 6.92 Å². The molecule has 1 saturated heterocycles. The molecule has 1 aliphatic rings. The molecule has 3 aromatic rings. The molecule has 4 heteroatoms. The highest BCUT2D eigenvalue weighted by molar-refractivity contribution is 5.97. The van der Waals surface area contributed by atoms with Crippen molar-refractivity contribution in [1.82, 2.24) is 9.47 Å². The highest BCUT2D eigenvalue weighted by Gasteiger charge is 2.16. The van der Waals surface area contributed by atoms with Gasteiger partial charge in [-0.15, -0.1) is 0 Å². The number of aromatic nitrogens is 1. The maximum Gasteiger partial charge on any atom is 0.248 e. The zero-order valence-corrected chi connectivity index (χ0v) is 15.9. The highest BCUT2D eigenvalue weighted by atomic mass is 16.1. The Morgan fingerprint density at radius 3 is 2.44 bits per heavy atom. The number of carbonyl (C=O) groups excluding carboxylic acids is 1. The van der Waals surface area contributed by atoms with Crippen LogP contribution in [0.4, 0.5) is 0 Å². The van der Waals surface area contributed by atoms with E-state index in [4.69, 9.17) is 5.73 Å². The summed E-state index contributed by atoms with van der Waals surface area (Å²) in [6.07, 6.45) is 6.17. The first-order valence-electron chi connectivity index (χ1n) is 9.79. The number of nitrogens with two attached hydrogens (primary N) is 1. The maximum absolute atomic E-state index is 11.7. The lowest BCUT2D eigenvalue weighted by molar-refractivity contribution is 0.100. The number of hydrogen-bond donors (Lipinski definition) is 1. The lowest BCUT2D eigenvalue weighted by Crippen LogP contribution is -2.28. The van der Waals surface area contributed by atoms with E-state index in [2.05, 4.69) is 52.9 Å². The van der Waals surface area contributed by atoms with Gasteiger partial charge in [-0.05, 0) is 56.1 Å². The molecule has 0 radical (unpaired) electrons. The minimum absolute atomic E-state index is 0.377. The standard InChI is InChI=1S/C23H27N3O/c1-17-5-7-18(8-6-17)14-26-16-20(15-25-11-3-2-4-12-25)21-10-9-19(23(24)27)13-22(21)26/h5-10,13,16H,2-4,11-12,14-15H2,1H3,(H2,24,27). The first kappa shape index (κ1) is 17.8. The predicted octanol–water partition coefficient (Wildman–Crippen LogP) is 4.08. The minimum Gasteiger partial charge on any atom is -0.366 e. The Morgan fingerprint density at radius 1 is 1.00 bits per heavy atom. The molecule has 27 heavy (non-hydrogen) atoms. The van der Waals surface area contributed by atoms with E-state index in [9.17, 15) is 4.79 Å². The smallest absolute Gasteiger partial charge is 0.248 e. The number of likely N-dealkylation sites (tertiary alicyclic amines) is 1. The number of benzene rings is 2. The Hall–Kier alpha value is -2.59. The summed E-state index contributed by atoms with van der Waals surface area (Å²) in [6.45, 7) is 6.20. The molecule has 0 spiro atoms. The fourth-order valence-electron chi connectivity index (χ4n) is 4.03. The average Bonchev–Trinajstić information content (AvgIpc) is 3.01. The lowest BCUT2D eigenvalue weighted by Gasteiger charge is -2.26. The van der Waals surface area contributed by atoms with Gasteiger partial charge >= 0.3 is 0 Å². The van der Waals surface area contributed by atoms with Gasteiger partial charge in [-0.3, -0.25) is 9.69 Å². The van der Waals surface area contributed by atoms with Crippen molar-refractivity contribution < 1.29 is 4.79 Å². The van der Waals surface area contributed by atoms with Crippen LogP contribution < -0.4 is 5.73 Å². The number of fused-ring (bicyclic) bond motifs is 1. The van der Waals surface area contributed by atoms with Crippen LogP contribution in [-0.4, -0.2) is 28.5 Å². The molecule has 2 heterocycles. The van der Waals surface area contributed by atoms with Crippen molar-refractivity contribution in [3.63, 3.8) is 0 Å². The van der Waals surface area contributed by atoms with Gasteiger partial charge in [0.25, 0.3) is 0 Å². The molecule has 1 aromatic heterocycles. The number of nitrogens with zero attached hydrogens (tertiary/aromatic N) is 2. The number of amides is 1. The van der Waals surface area contributed by atoms with Gasteiger partial charge in [0.05, 0.1) is 0 Å². The molecule has 0 unspecified atom stereocenters. The Labute approximate surface area is 160 Å². The van der Waals surface area contributed by atoms with E-state index in [1.807, 2.05) is 12.1 Å². The third-order valence-corrected chi connectivity index (χ3v) is 5.57. The first-order chi connectivity index (χ1) is 13.1. The number of carbonyl (C=O) groups is 1. The second-order valence-electron chi connectivity index (χ2n) is 7.70. The Kier molecular flexibility index (Phi) is 4.99. The number of aryl methyl sites for hydroxylation is 1. The van der Waals surface area contributed by atoms with E-state index in [-0.39, 0.29) is 5.91 Å². The third-order valence-electron chi connectivity index (χ3n) is 5.57. The quantitative estimate of drug-likeness (QED) is 0.744. The molecule has 1 fully saturated rings. The van der Waals surface area contributed by atoms with Crippen LogP contribution in [0.5, 0.6) is 0 Å². The molecule has 1 aliphatic heterocycles. The van der Waals surface area contributed by atoms with Crippen LogP contribution >= 0.6 is 0 Å². The second-order valence-corrected chi connectivity index (χ2v) is 7.70. The van der Waals surface area contributed by atoms with Crippen LogP contribution in [0.2, 0.25) is 0 Å². The van der Waals surface area contributed by atoms with Gasteiger partial charge in [-0.25, -0.2) is 0 Å². The largest absolute Gasteiger partial charge is 0.366 e. The monoisotopic (exact) mass is 361 g/mol. The van der Waals surface area contributed by atoms with Crippen molar-refractivity contribution in [2.24, 2.45) is 5.73 Å². The van der Waals surface area contributed by atoms with Crippen molar-refractivity contribution in [1.29, 1.82) is 0 Å². The lowest BCUT2D eigenvalue weighted by atomic mass is 10.1. The van der Waals surface area contributed by atoms with Crippen molar-refractivity contribution in [3.05, 3.63) is 70.9 Å². The summed E-state index contributed by atoms with van der Waals surface area (Å²) in [4.78, 5) is 14.2. The Morgan fingerprint density at radius 2 is 1.74 bits per heavy atom. The van der Waals surface area contributed by atoms with Crippen molar-refractivity contribution in [2.75, 3.05) is 13.1 Å². The van der Waals surface area contributed by atoms with Gasteiger partial charge in [0, 0.05) is 35.8 Å². The summed E-state index contributed by atoms with van der Waals surface area (Å²) in [7, 11) is 0. The predicted molar refractivity (Wildman–Crippen MR) is 110 cm³/mol. The summed E-state index contributed by atoms with van der Waals surface area (Å²) in [5.74, 6) is -0.377. The Balaban J connectivity index is 1.72. The molecule has 1 amide bonds. The fraction of sp³-hybridized carbons (Fsp3) is 0.348. The molecule has 140 valence electrons. The van der Waals surface area contributed by atoms with Crippen LogP contribution in [-0.2, 0) is 13.1 Å². The van der Waals surface area contributed by atoms with Crippen molar-refractivity contribution in [3.8, 4) is 0 Å². The Bertz CT molecular complexity index is 950. The molecule has 0 atom stereocenters. The van der Waals surface area contributed by atoms with E-state index in [0.717, 1.165) is 18.6 Å². The third kappa shape index (κ3) is 3.91. The van der Waals surface area contributed by atoms with E-state index in [1.165, 1.54) is 54.4 Å². The van der Waals surface area contributed by atoms with Gasteiger partial charge in [0.15, 0.2) is 0 Å². The van der Waals surface area contributed by atoms with Gasteiger partial charge in [0.1, 0.15) is 0 Å². The van der Waals surface area contributed by atoms with Gasteiger partial charge < -0.3 is 10.3 Å². The van der Waals surface area contributed by atoms with Crippen molar-refractivity contribution >= 4 is 16.8 Å². The summed E-state index contributed by atoms with van der Waals surface area (Å²) in [5, 5.41) is 1.22. The molecule has 2 aromatic carbocycles. The molecule has 2 N–H and O–H groups in total. The van der Waals surface area contributed by atoms with Crippen LogP contribution in [0.25, 0.3) is 10.9 Å². The normalized spacial score (nSPS) is 15.3. The van der Waals surface area contributed by atoms with E-state index >= 15 is 0 Å². The SMILES string of the molecule is Cc1ccc(Cn2cc(CN3CCCCC3)c3ccc(C(N)=O)cc32)cc1. The average molecular weight is 361 g/mol. The summed E-state index contributed by atoms with van der Waals surface area (Å²) in [5.41, 5.74) is 11.0.